The van der Waals surface area contributed by atoms with Crippen molar-refractivity contribution in [3.8, 4) is 0 Å². The first-order valence-electron chi connectivity index (χ1n) is 6.57. The van der Waals surface area contributed by atoms with Crippen LogP contribution in [0.2, 0.25) is 0 Å². The molecule has 7 heteroatoms. The molecule has 0 saturated carbocycles. The Kier molecular flexibility index (Phi) is 5.78. The fourth-order valence-corrected chi connectivity index (χ4v) is 3.70. The van der Waals surface area contributed by atoms with Gasteiger partial charge in [-0.25, -0.2) is 8.42 Å². The first-order valence-corrected chi connectivity index (χ1v) is 8.40. The van der Waals surface area contributed by atoms with E-state index in [9.17, 15) is 18.0 Å². The summed E-state index contributed by atoms with van der Waals surface area (Å²) in [6.07, 6.45) is 2.27. The van der Waals surface area contributed by atoms with Crippen molar-refractivity contribution in [2.45, 2.75) is 39.2 Å². The highest BCUT2D eigenvalue weighted by molar-refractivity contribution is 7.92. The second-order valence-corrected chi connectivity index (χ2v) is 7.46. The zero-order valence-electron chi connectivity index (χ0n) is 11.4. The Bertz CT molecular complexity index is 431. The predicted octanol–water partition coefficient (Wildman–Crippen LogP) is -0.158. The van der Waals surface area contributed by atoms with Crippen LogP contribution in [-0.4, -0.2) is 44.3 Å². The summed E-state index contributed by atoms with van der Waals surface area (Å²) in [5, 5.41) is 5.20. The Balaban J connectivity index is 2.52. The molecule has 1 heterocycles. The van der Waals surface area contributed by atoms with Gasteiger partial charge in [-0.05, 0) is 25.2 Å². The standard InChI is InChI=1S/C12H22N2O4S/c1-9(2)7-19(17,18)8-11(15)14-10-5-3-4-6-13-12(10)16/h9-10H,3-8H2,1-2H3,(H,13,16)(H,14,15)/t10-/m0/s1. The van der Waals surface area contributed by atoms with Gasteiger partial charge in [0, 0.05) is 6.54 Å². The Morgan fingerprint density at radius 2 is 2.11 bits per heavy atom. The van der Waals surface area contributed by atoms with Crippen LogP contribution in [0.3, 0.4) is 0 Å². The molecule has 0 radical (unpaired) electrons. The summed E-state index contributed by atoms with van der Waals surface area (Å²) in [5.41, 5.74) is 0. The van der Waals surface area contributed by atoms with Crippen LogP contribution in [0.15, 0.2) is 0 Å². The average molecular weight is 290 g/mol. The molecule has 0 aromatic heterocycles. The maximum absolute atomic E-state index is 11.7. The fourth-order valence-electron chi connectivity index (χ4n) is 2.08. The Hall–Kier alpha value is -1.11. The van der Waals surface area contributed by atoms with Crippen LogP contribution in [0, 0.1) is 5.92 Å². The normalized spacial score (nSPS) is 20.8. The lowest BCUT2D eigenvalue weighted by molar-refractivity contribution is -0.127. The van der Waals surface area contributed by atoms with Gasteiger partial charge in [-0.2, -0.15) is 0 Å². The Morgan fingerprint density at radius 1 is 1.42 bits per heavy atom. The topological polar surface area (TPSA) is 92.3 Å². The van der Waals surface area contributed by atoms with Crippen molar-refractivity contribution in [3.05, 3.63) is 0 Å². The molecule has 1 atom stereocenters. The van der Waals surface area contributed by atoms with E-state index in [1.54, 1.807) is 13.8 Å². The molecule has 1 fully saturated rings. The van der Waals surface area contributed by atoms with E-state index in [1.165, 1.54) is 0 Å². The summed E-state index contributed by atoms with van der Waals surface area (Å²) in [4.78, 5) is 23.3. The van der Waals surface area contributed by atoms with Gasteiger partial charge in [0.15, 0.2) is 9.84 Å². The van der Waals surface area contributed by atoms with Crippen LogP contribution in [0.25, 0.3) is 0 Å². The minimum Gasteiger partial charge on any atom is -0.354 e. The molecule has 1 saturated heterocycles. The number of sulfone groups is 1. The van der Waals surface area contributed by atoms with Crippen LogP contribution < -0.4 is 10.6 Å². The molecular formula is C12H22N2O4S. The number of carbonyl (C=O) groups is 2. The summed E-state index contributed by atoms with van der Waals surface area (Å²) in [6, 6.07) is -0.607. The minimum absolute atomic E-state index is 0.0148. The van der Waals surface area contributed by atoms with E-state index in [4.69, 9.17) is 0 Å². The first-order chi connectivity index (χ1) is 8.80. The second-order valence-electron chi connectivity index (χ2n) is 5.36. The van der Waals surface area contributed by atoms with E-state index in [-0.39, 0.29) is 17.6 Å². The minimum atomic E-state index is -3.40. The highest BCUT2D eigenvalue weighted by Gasteiger charge is 2.25. The van der Waals surface area contributed by atoms with Gasteiger partial charge in [-0.3, -0.25) is 9.59 Å². The molecule has 0 aromatic rings. The van der Waals surface area contributed by atoms with E-state index in [0.29, 0.717) is 13.0 Å². The van der Waals surface area contributed by atoms with Crippen molar-refractivity contribution in [1.29, 1.82) is 0 Å². The molecule has 110 valence electrons. The number of hydrogen-bond donors (Lipinski definition) is 2. The molecule has 2 amide bonds. The van der Waals surface area contributed by atoms with Gasteiger partial charge in [-0.15, -0.1) is 0 Å². The van der Waals surface area contributed by atoms with Gasteiger partial charge >= 0.3 is 0 Å². The van der Waals surface area contributed by atoms with Gasteiger partial charge < -0.3 is 10.6 Å². The molecule has 6 nitrogen and oxygen atoms in total. The van der Waals surface area contributed by atoms with Crippen molar-refractivity contribution in [1.82, 2.24) is 10.6 Å². The number of amides is 2. The third-order valence-corrected chi connectivity index (χ3v) is 4.69. The van der Waals surface area contributed by atoms with Crippen LogP contribution in [0.5, 0.6) is 0 Å². The number of nitrogens with one attached hydrogen (secondary N) is 2. The highest BCUT2D eigenvalue weighted by Crippen LogP contribution is 2.06. The van der Waals surface area contributed by atoms with Gasteiger partial charge in [-0.1, -0.05) is 13.8 Å². The Labute approximate surface area is 114 Å². The van der Waals surface area contributed by atoms with Crippen molar-refractivity contribution >= 4 is 21.7 Å². The maximum Gasteiger partial charge on any atom is 0.242 e. The van der Waals surface area contributed by atoms with E-state index in [0.717, 1.165) is 12.8 Å². The first kappa shape index (κ1) is 15.9. The van der Waals surface area contributed by atoms with Crippen molar-refractivity contribution < 1.29 is 18.0 Å². The lowest BCUT2D eigenvalue weighted by Gasteiger charge is -2.15. The van der Waals surface area contributed by atoms with Crippen LogP contribution in [0.4, 0.5) is 0 Å². The third-order valence-electron chi connectivity index (χ3n) is 2.81. The van der Waals surface area contributed by atoms with E-state index < -0.39 is 27.5 Å². The average Bonchev–Trinajstić information content (AvgIpc) is 2.41. The molecule has 1 aliphatic rings. The van der Waals surface area contributed by atoms with Gasteiger partial charge in [0.2, 0.25) is 11.8 Å². The summed E-state index contributed by atoms with van der Waals surface area (Å²) < 4.78 is 23.4. The molecular weight excluding hydrogens is 268 g/mol. The zero-order valence-corrected chi connectivity index (χ0v) is 12.3. The van der Waals surface area contributed by atoms with Gasteiger partial charge in [0.1, 0.15) is 11.8 Å². The molecule has 0 bridgehead atoms. The predicted molar refractivity (Wildman–Crippen MR) is 72.3 cm³/mol. The molecule has 1 rings (SSSR count). The highest BCUT2D eigenvalue weighted by atomic mass is 32.2. The third kappa shape index (κ3) is 6.04. The van der Waals surface area contributed by atoms with Crippen LogP contribution in [-0.2, 0) is 19.4 Å². The molecule has 2 N–H and O–H groups in total. The summed E-state index contributed by atoms with van der Waals surface area (Å²) in [7, 11) is -3.40. The zero-order chi connectivity index (χ0) is 14.5. The fraction of sp³-hybridized carbons (Fsp3) is 0.833. The van der Waals surface area contributed by atoms with Crippen LogP contribution in [0.1, 0.15) is 33.1 Å². The molecule has 19 heavy (non-hydrogen) atoms. The summed E-state index contributed by atoms with van der Waals surface area (Å²) in [6.45, 7) is 4.18. The molecule has 0 aliphatic carbocycles. The molecule has 0 spiro atoms. The largest absolute Gasteiger partial charge is 0.354 e. The van der Waals surface area contributed by atoms with Crippen molar-refractivity contribution in [2.24, 2.45) is 5.92 Å². The summed E-state index contributed by atoms with van der Waals surface area (Å²) >= 11 is 0. The van der Waals surface area contributed by atoms with Crippen molar-refractivity contribution in [3.63, 3.8) is 0 Å². The molecule has 0 unspecified atom stereocenters. The number of hydrogen-bond acceptors (Lipinski definition) is 4. The van der Waals surface area contributed by atoms with Crippen molar-refractivity contribution in [2.75, 3.05) is 18.1 Å². The SMILES string of the molecule is CC(C)CS(=O)(=O)CC(=O)N[C@H]1CCCCNC1=O. The van der Waals surface area contributed by atoms with E-state index >= 15 is 0 Å². The van der Waals surface area contributed by atoms with Gasteiger partial charge in [0.25, 0.3) is 0 Å². The summed E-state index contributed by atoms with van der Waals surface area (Å²) in [5.74, 6) is -1.40. The molecule has 0 aromatic carbocycles. The lowest BCUT2D eigenvalue weighted by atomic mass is 10.1. The Morgan fingerprint density at radius 3 is 2.74 bits per heavy atom. The van der Waals surface area contributed by atoms with Crippen LogP contribution >= 0.6 is 0 Å². The molecule has 1 aliphatic heterocycles. The maximum atomic E-state index is 11.7. The number of carbonyl (C=O) groups excluding carboxylic acids is 2. The van der Waals surface area contributed by atoms with E-state index in [2.05, 4.69) is 10.6 Å². The quantitative estimate of drug-likeness (QED) is 0.736. The van der Waals surface area contributed by atoms with Gasteiger partial charge in [0.05, 0.1) is 5.75 Å². The monoisotopic (exact) mass is 290 g/mol. The second kappa shape index (κ2) is 6.88. The number of rotatable bonds is 5. The smallest absolute Gasteiger partial charge is 0.242 e. The van der Waals surface area contributed by atoms with E-state index in [1.807, 2.05) is 0 Å². The lowest BCUT2D eigenvalue weighted by Crippen LogP contribution is -2.47.